The smallest absolute Gasteiger partial charge is 0.428 e. The van der Waals surface area contributed by atoms with Gasteiger partial charge in [-0.1, -0.05) is 44.9 Å². The van der Waals surface area contributed by atoms with Crippen LogP contribution in [0.2, 0.25) is 0 Å². The molecule has 1 aliphatic carbocycles. The summed E-state index contributed by atoms with van der Waals surface area (Å²) in [5.74, 6) is 0. The number of hydrogen-bond acceptors (Lipinski definition) is 3. The van der Waals surface area contributed by atoms with Crippen LogP contribution < -0.4 is 5.43 Å². The molecular formula is C17H32N2O2. The third-order valence-electron chi connectivity index (χ3n) is 3.63. The molecule has 21 heavy (non-hydrogen) atoms. The minimum absolute atomic E-state index is 0.457. The van der Waals surface area contributed by atoms with Crippen LogP contribution in [0.3, 0.4) is 0 Å². The van der Waals surface area contributed by atoms with Gasteiger partial charge in [0, 0.05) is 5.71 Å². The standard InChI is InChI=1S/C17H32N2O2/c1-17(2,3)21-16(20)19-18-15-13-11-9-7-5-4-6-8-10-12-14-15/h4-14H2,1-3H3,(H,19,20). The lowest BCUT2D eigenvalue weighted by Crippen LogP contribution is -2.30. The zero-order valence-electron chi connectivity index (χ0n) is 14.0. The summed E-state index contributed by atoms with van der Waals surface area (Å²) in [6, 6.07) is 0. The van der Waals surface area contributed by atoms with Crippen molar-refractivity contribution in [3.05, 3.63) is 0 Å². The Morgan fingerprint density at radius 2 is 1.33 bits per heavy atom. The number of hydrogen-bond donors (Lipinski definition) is 1. The molecule has 1 aliphatic rings. The number of rotatable bonds is 1. The predicted octanol–water partition coefficient (Wildman–Crippen LogP) is 5.17. The van der Waals surface area contributed by atoms with Crippen LogP contribution in [0.1, 0.15) is 91.4 Å². The Labute approximate surface area is 129 Å². The van der Waals surface area contributed by atoms with Gasteiger partial charge in [0.25, 0.3) is 0 Å². The maximum absolute atomic E-state index is 11.6. The monoisotopic (exact) mass is 296 g/mol. The molecule has 1 N–H and O–H groups in total. The SMILES string of the molecule is CC(C)(C)OC(=O)NN=C1CCCCCCCCCCC1. The van der Waals surface area contributed by atoms with Gasteiger partial charge in [-0.2, -0.15) is 5.10 Å². The van der Waals surface area contributed by atoms with Crippen LogP contribution in [0.5, 0.6) is 0 Å². The summed E-state index contributed by atoms with van der Waals surface area (Å²) in [5.41, 5.74) is 3.18. The molecule has 0 bridgehead atoms. The number of ether oxygens (including phenoxy) is 1. The molecule has 122 valence electrons. The fraction of sp³-hybridized carbons (Fsp3) is 0.882. The first kappa shape index (κ1) is 18.0. The number of carbonyl (C=O) groups excluding carboxylic acids is 1. The Morgan fingerprint density at radius 3 is 1.76 bits per heavy atom. The Hall–Kier alpha value is -1.06. The topological polar surface area (TPSA) is 50.7 Å². The van der Waals surface area contributed by atoms with Crippen LogP contribution in [0, 0.1) is 0 Å². The quantitative estimate of drug-likeness (QED) is 0.678. The number of nitrogens with one attached hydrogen (secondary N) is 1. The van der Waals surface area contributed by atoms with E-state index in [-0.39, 0.29) is 0 Å². The normalized spacial score (nSPS) is 19.1. The second kappa shape index (κ2) is 9.80. The summed E-state index contributed by atoms with van der Waals surface area (Å²) in [6.45, 7) is 5.57. The molecule has 4 heteroatoms. The maximum Gasteiger partial charge on any atom is 0.428 e. The lowest BCUT2D eigenvalue weighted by molar-refractivity contribution is 0.0529. The summed E-state index contributed by atoms with van der Waals surface area (Å²) < 4.78 is 5.21. The number of nitrogens with zero attached hydrogens (tertiary/aromatic N) is 1. The summed E-state index contributed by atoms with van der Waals surface area (Å²) in [5, 5.41) is 4.29. The van der Waals surface area contributed by atoms with Crippen molar-refractivity contribution in [1.29, 1.82) is 0 Å². The molecule has 1 saturated carbocycles. The first-order valence-electron chi connectivity index (χ1n) is 8.52. The van der Waals surface area contributed by atoms with Crippen molar-refractivity contribution >= 4 is 11.8 Å². The fourth-order valence-electron chi connectivity index (χ4n) is 2.56. The third kappa shape index (κ3) is 10.3. The van der Waals surface area contributed by atoms with Crippen LogP contribution in [0.4, 0.5) is 4.79 Å². The van der Waals surface area contributed by atoms with E-state index in [0.717, 1.165) is 18.6 Å². The summed E-state index contributed by atoms with van der Waals surface area (Å²) in [4.78, 5) is 11.6. The molecule has 0 aliphatic heterocycles. The molecule has 1 amide bonds. The van der Waals surface area contributed by atoms with Crippen LogP contribution in [0.25, 0.3) is 0 Å². The third-order valence-corrected chi connectivity index (χ3v) is 3.63. The molecule has 0 aromatic carbocycles. The first-order valence-corrected chi connectivity index (χ1v) is 8.52. The van der Waals surface area contributed by atoms with Crippen molar-refractivity contribution in [2.75, 3.05) is 0 Å². The minimum atomic E-state index is -0.475. The molecule has 4 nitrogen and oxygen atoms in total. The van der Waals surface area contributed by atoms with Crippen molar-refractivity contribution in [3.8, 4) is 0 Å². The highest BCUT2D eigenvalue weighted by Gasteiger charge is 2.15. The van der Waals surface area contributed by atoms with E-state index >= 15 is 0 Å². The molecule has 0 atom stereocenters. The highest BCUT2D eigenvalue weighted by atomic mass is 16.6. The number of amides is 1. The predicted molar refractivity (Wildman–Crippen MR) is 87.6 cm³/mol. The van der Waals surface area contributed by atoms with E-state index in [1.807, 2.05) is 20.8 Å². The summed E-state index contributed by atoms with van der Waals surface area (Å²) in [7, 11) is 0. The molecule has 0 unspecified atom stereocenters. The highest BCUT2D eigenvalue weighted by Crippen LogP contribution is 2.15. The van der Waals surface area contributed by atoms with E-state index in [4.69, 9.17) is 4.74 Å². The maximum atomic E-state index is 11.6. The highest BCUT2D eigenvalue weighted by molar-refractivity contribution is 5.85. The van der Waals surface area contributed by atoms with Gasteiger partial charge in [-0.15, -0.1) is 0 Å². The Bertz CT molecular complexity index is 318. The van der Waals surface area contributed by atoms with Gasteiger partial charge >= 0.3 is 6.09 Å². The van der Waals surface area contributed by atoms with E-state index in [2.05, 4.69) is 10.5 Å². The Balaban J connectivity index is 2.42. The number of hydrazone groups is 1. The first-order chi connectivity index (χ1) is 9.97. The van der Waals surface area contributed by atoms with Gasteiger partial charge in [0.1, 0.15) is 5.60 Å². The van der Waals surface area contributed by atoms with Gasteiger partial charge in [-0.05, 0) is 46.5 Å². The van der Waals surface area contributed by atoms with Crippen LogP contribution in [0.15, 0.2) is 5.10 Å². The van der Waals surface area contributed by atoms with Crippen LogP contribution in [-0.4, -0.2) is 17.4 Å². The molecule has 0 radical (unpaired) electrons. The van der Waals surface area contributed by atoms with E-state index < -0.39 is 11.7 Å². The van der Waals surface area contributed by atoms with Gasteiger partial charge in [0.2, 0.25) is 0 Å². The van der Waals surface area contributed by atoms with E-state index in [9.17, 15) is 4.79 Å². The van der Waals surface area contributed by atoms with E-state index in [0.29, 0.717) is 0 Å². The Morgan fingerprint density at radius 1 is 0.905 bits per heavy atom. The second-order valence-corrected chi connectivity index (χ2v) is 6.97. The average Bonchev–Trinajstić information content (AvgIpc) is 2.36. The molecule has 1 fully saturated rings. The second-order valence-electron chi connectivity index (χ2n) is 6.97. The van der Waals surface area contributed by atoms with Crippen molar-refractivity contribution in [3.63, 3.8) is 0 Å². The number of carbonyl (C=O) groups is 1. The molecule has 0 saturated heterocycles. The van der Waals surface area contributed by atoms with Crippen LogP contribution in [-0.2, 0) is 4.74 Å². The van der Waals surface area contributed by atoms with Gasteiger partial charge < -0.3 is 4.74 Å². The van der Waals surface area contributed by atoms with Crippen LogP contribution >= 0.6 is 0 Å². The van der Waals surface area contributed by atoms with E-state index in [1.165, 1.54) is 57.8 Å². The van der Waals surface area contributed by atoms with Gasteiger partial charge in [0.15, 0.2) is 0 Å². The molecule has 0 aromatic heterocycles. The molecule has 0 heterocycles. The average molecular weight is 296 g/mol. The zero-order valence-corrected chi connectivity index (χ0v) is 14.0. The van der Waals surface area contributed by atoms with Gasteiger partial charge in [-0.25, -0.2) is 10.2 Å². The zero-order chi connectivity index (χ0) is 15.6. The van der Waals surface area contributed by atoms with Gasteiger partial charge in [0.05, 0.1) is 0 Å². The molecule has 1 rings (SSSR count). The van der Waals surface area contributed by atoms with Crippen molar-refractivity contribution in [1.82, 2.24) is 5.43 Å². The van der Waals surface area contributed by atoms with Gasteiger partial charge in [-0.3, -0.25) is 0 Å². The lowest BCUT2D eigenvalue weighted by atomic mass is 10.00. The summed E-state index contributed by atoms with van der Waals surface area (Å²) in [6.07, 6.45) is 13.2. The van der Waals surface area contributed by atoms with Crippen molar-refractivity contribution < 1.29 is 9.53 Å². The van der Waals surface area contributed by atoms with E-state index in [1.54, 1.807) is 0 Å². The van der Waals surface area contributed by atoms with Crippen molar-refractivity contribution in [2.24, 2.45) is 5.10 Å². The molecule has 0 aromatic rings. The fourth-order valence-corrected chi connectivity index (χ4v) is 2.56. The molecular weight excluding hydrogens is 264 g/mol. The van der Waals surface area contributed by atoms with Crippen molar-refractivity contribution in [2.45, 2.75) is 97.0 Å². The largest absolute Gasteiger partial charge is 0.443 e. The minimum Gasteiger partial charge on any atom is -0.443 e. The Kier molecular flexibility index (Phi) is 8.40. The molecule has 0 spiro atoms. The lowest BCUT2D eigenvalue weighted by Gasteiger charge is -2.18. The summed E-state index contributed by atoms with van der Waals surface area (Å²) >= 11 is 0.